The lowest BCUT2D eigenvalue weighted by atomic mass is 9.70. The summed E-state index contributed by atoms with van der Waals surface area (Å²) >= 11 is 0. The molecule has 8 atom stereocenters. The Morgan fingerprint density at radius 3 is 2.44 bits per heavy atom. The molecule has 1 aromatic carbocycles. The molecule has 3 saturated heterocycles. The van der Waals surface area contributed by atoms with E-state index < -0.39 is 53.7 Å². The maximum atomic E-state index is 14.4. The van der Waals surface area contributed by atoms with E-state index in [0.29, 0.717) is 25.7 Å². The van der Waals surface area contributed by atoms with Gasteiger partial charge in [0.2, 0.25) is 17.7 Å². The number of aliphatic hydroxyl groups is 1. The van der Waals surface area contributed by atoms with E-state index in [0.717, 1.165) is 5.56 Å². The molecule has 246 valence electrons. The Morgan fingerprint density at radius 1 is 1.18 bits per heavy atom. The summed E-state index contributed by atoms with van der Waals surface area (Å²) in [5.74, 6) is -3.22. The van der Waals surface area contributed by atoms with Gasteiger partial charge in [-0.3, -0.25) is 19.2 Å². The molecule has 3 aliphatic rings. The van der Waals surface area contributed by atoms with Crippen LogP contribution in [0.4, 0.5) is 0 Å². The number of aliphatic hydroxyl groups excluding tert-OH is 1. The smallest absolute Gasteiger partial charge is 0.313 e. The predicted molar refractivity (Wildman–Crippen MR) is 170 cm³/mol. The van der Waals surface area contributed by atoms with E-state index in [4.69, 9.17) is 9.47 Å². The van der Waals surface area contributed by atoms with Gasteiger partial charge in [-0.25, -0.2) is 0 Å². The summed E-state index contributed by atoms with van der Waals surface area (Å²) in [7, 11) is 1.69. The summed E-state index contributed by atoms with van der Waals surface area (Å²) in [4.78, 5) is 60.6. The van der Waals surface area contributed by atoms with Gasteiger partial charge in [0.15, 0.2) is 0 Å². The van der Waals surface area contributed by atoms with Crippen LogP contribution < -0.4 is 0 Å². The second-order valence-corrected chi connectivity index (χ2v) is 12.8. The third-order valence-corrected chi connectivity index (χ3v) is 9.93. The first-order chi connectivity index (χ1) is 21.5. The quantitative estimate of drug-likeness (QED) is 0.234. The monoisotopic (exact) mass is 623 g/mol. The van der Waals surface area contributed by atoms with E-state index in [9.17, 15) is 24.3 Å². The number of ether oxygens (including phenoxy) is 2. The number of amides is 3. The van der Waals surface area contributed by atoms with Crippen LogP contribution in [-0.2, 0) is 28.7 Å². The lowest BCUT2D eigenvalue weighted by molar-refractivity contribution is -0.165. The van der Waals surface area contributed by atoms with Gasteiger partial charge in [0.25, 0.3) is 0 Å². The molecule has 1 spiro atoms. The fraction of sp³-hybridized carbons (Fsp3) is 0.600. The van der Waals surface area contributed by atoms with Crippen LogP contribution in [0, 0.1) is 11.8 Å². The molecular weight excluding hydrogens is 574 g/mol. The number of rotatable bonds is 15. The zero-order chi connectivity index (χ0) is 33.1. The normalized spacial score (nSPS) is 27.1. The number of nitrogens with zero attached hydrogens (tertiary/aromatic N) is 3. The van der Waals surface area contributed by atoms with Gasteiger partial charge < -0.3 is 29.3 Å². The average Bonchev–Trinajstić information content (AvgIpc) is 3.68. The molecule has 3 aliphatic heterocycles. The molecule has 45 heavy (non-hydrogen) atoms. The summed E-state index contributed by atoms with van der Waals surface area (Å²) in [5, 5.41) is 10.3. The maximum absolute atomic E-state index is 14.4. The van der Waals surface area contributed by atoms with E-state index in [-0.39, 0.29) is 43.3 Å². The van der Waals surface area contributed by atoms with Gasteiger partial charge in [-0.2, -0.15) is 0 Å². The lowest BCUT2D eigenvalue weighted by Gasteiger charge is -2.40. The fourth-order valence-electron chi connectivity index (χ4n) is 7.42. The first-order valence-corrected chi connectivity index (χ1v) is 16.1. The Labute approximate surface area is 267 Å². The number of carbonyl (C=O) groups excluding carboxylic acids is 4. The molecular formula is C35H49N3O7. The van der Waals surface area contributed by atoms with Crippen molar-refractivity contribution in [2.45, 2.75) is 102 Å². The SMILES string of the molecule is C=CCCC(=O)N(C)[C@H](C)[C@H](OC(=O)[C@@H]1[C@@H]2CC[C@]3(O2)[C@H](C(=O)N(CC=C)C(C)C)N([C@@H](CC)CO)C(=O)[C@@H]13)c1ccccc1. The van der Waals surface area contributed by atoms with Crippen LogP contribution in [-0.4, -0.2) is 99.6 Å². The highest BCUT2D eigenvalue weighted by Gasteiger charge is 2.75. The van der Waals surface area contributed by atoms with E-state index in [1.54, 1.807) is 29.0 Å². The van der Waals surface area contributed by atoms with Gasteiger partial charge in [0.05, 0.1) is 36.6 Å². The van der Waals surface area contributed by atoms with E-state index in [1.807, 2.05) is 58.0 Å². The maximum Gasteiger partial charge on any atom is 0.313 e. The second kappa shape index (κ2) is 14.3. The first-order valence-electron chi connectivity index (χ1n) is 16.1. The molecule has 10 heteroatoms. The van der Waals surface area contributed by atoms with Crippen molar-refractivity contribution in [1.82, 2.24) is 14.7 Å². The molecule has 1 N–H and O–H groups in total. The van der Waals surface area contributed by atoms with Crippen molar-refractivity contribution in [2.75, 3.05) is 20.2 Å². The Kier molecular flexibility index (Phi) is 10.9. The van der Waals surface area contributed by atoms with Gasteiger partial charge in [-0.05, 0) is 52.0 Å². The van der Waals surface area contributed by atoms with Crippen LogP contribution >= 0.6 is 0 Å². The van der Waals surface area contributed by atoms with Gasteiger partial charge in [0.1, 0.15) is 17.7 Å². The highest BCUT2D eigenvalue weighted by Crippen LogP contribution is 2.59. The molecule has 2 bridgehead atoms. The van der Waals surface area contributed by atoms with Crippen molar-refractivity contribution in [2.24, 2.45) is 11.8 Å². The largest absolute Gasteiger partial charge is 0.455 e. The summed E-state index contributed by atoms with van der Waals surface area (Å²) in [5.41, 5.74) is -0.499. The third kappa shape index (κ3) is 6.19. The summed E-state index contributed by atoms with van der Waals surface area (Å²) < 4.78 is 12.9. The summed E-state index contributed by atoms with van der Waals surface area (Å²) in [6.07, 6.45) is 4.11. The van der Waals surface area contributed by atoms with Crippen LogP contribution in [0.25, 0.3) is 0 Å². The molecule has 0 aliphatic carbocycles. The van der Waals surface area contributed by atoms with Crippen LogP contribution in [0.2, 0.25) is 0 Å². The van der Waals surface area contributed by atoms with Crippen molar-refractivity contribution in [3.63, 3.8) is 0 Å². The minimum atomic E-state index is -1.22. The van der Waals surface area contributed by atoms with Gasteiger partial charge in [-0.15, -0.1) is 13.2 Å². The molecule has 10 nitrogen and oxygen atoms in total. The number of likely N-dealkylation sites (N-methyl/N-ethyl adjacent to an activating group) is 1. The predicted octanol–water partition coefficient (Wildman–Crippen LogP) is 3.65. The molecule has 3 heterocycles. The number of likely N-dealkylation sites (tertiary alicyclic amines) is 1. The lowest BCUT2D eigenvalue weighted by Crippen LogP contribution is -2.59. The molecule has 0 aromatic heterocycles. The van der Waals surface area contributed by atoms with Crippen molar-refractivity contribution >= 4 is 23.7 Å². The van der Waals surface area contributed by atoms with Gasteiger partial charge in [0, 0.05) is 26.1 Å². The van der Waals surface area contributed by atoms with Crippen molar-refractivity contribution < 1.29 is 33.8 Å². The number of hydrogen-bond acceptors (Lipinski definition) is 7. The minimum Gasteiger partial charge on any atom is -0.455 e. The van der Waals surface area contributed by atoms with Gasteiger partial charge in [-0.1, -0.05) is 49.4 Å². The minimum absolute atomic E-state index is 0.103. The molecule has 3 amide bonds. The highest BCUT2D eigenvalue weighted by atomic mass is 16.6. The highest BCUT2D eigenvalue weighted by molar-refractivity contribution is 5.98. The van der Waals surface area contributed by atoms with Crippen LogP contribution in [0.5, 0.6) is 0 Å². The summed E-state index contributed by atoms with van der Waals surface area (Å²) in [6.45, 7) is 15.0. The van der Waals surface area contributed by atoms with Gasteiger partial charge >= 0.3 is 5.97 Å². The Morgan fingerprint density at radius 2 is 1.87 bits per heavy atom. The average molecular weight is 624 g/mol. The zero-order valence-electron chi connectivity index (χ0n) is 27.3. The molecule has 3 fully saturated rings. The molecule has 4 rings (SSSR count). The van der Waals surface area contributed by atoms with Crippen LogP contribution in [0.3, 0.4) is 0 Å². The van der Waals surface area contributed by atoms with Crippen molar-refractivity contribution in [3.8, 4) is 0 Å². The Hall–Kier alpha value is -3.50. The molecule has 0 saturated carbocycles. The molecule has 1 aromatic rings. The van der Waals surface area contributed by atoms with E-state index >= 15 is 0 Å². The van der Waals surface area contributed by atoms with Crippen molar-refractivity contribution in [1.29, 1.82) is 0 Å². The Balaban J connectivity index is 1.70. The topological polar surface area (TPSA) is 117 Å². The van der Waals surface area contributed by atoms with E-state index in [2.05, 4.69) is 13.2 Å². The third-order valence-electron chi connectivity index (χ3n) is 9.93. The molecule has 0 radical (unpaired) electrons. The second-order valence-electron chi connectivity index (χ2n) is 12.8. The number of allylic oxidation sites excluding steroid dienone is 1. The first kappa shape index (κ1) is 34.4. The zero-order valence-corrected chi connectivity index (χ0v) is 27.3. The fourth-order valence-corrected chi connectivity index (χ4v) is 7.42. The number of carbonyl (C=O) groups is 4. The summed E-state index contributed by atoms with van der Waals surface area (Å²) in [6, 6.07) is 6.96. The Bertz CT molecular complexity index is 1260. The number of fused-ring (bicyclic) bond motifs is 1. The van der Waals surface area contributed by atoms with Crippen molar-refractivity contribution in [3.05, 3.63) is 61.2 Å². The van der Waals surface area contributed by atoms with Crippen LogP contribution in [0.1, 0.15) is 71.5 Å². The number of benzene rings is 1. The molecule has 0 unspecified atom stereocenters. The standard InChI is InChI=1S/C35H49N3O7/c1-8-11-17-27(40)36(7)23(6)30(24-15-13-12-14-16-24)44-34(43)28-26-18-19-35(45-26)29(28)32(41)38(25(10-3)21-39)31(35)33(42)37(20-9-2)22(4)5/h8-9,12-16,22-23,25-26,28-31,39H,1-2,10-11,17-21H2,3-7H3/t23-,25+,26+,28-,29-,30+,31+,35-/m1/s1. The van der Waals surface area contributed by atoms with E-state index in [1.165, 1.54) is 4.90 Å². The number of hydrogen-bond donors (Lipinski definition) is 1. The van der Waals surface area contributed by atoms with Crippen LogP contribution in [0.15, 0.2) is 55.6 Å². The number of esters is 1.